The van der Waals surface area contributed by atoms with E-state index in [0.29, 0.717) is 0 Å². The third kappa shape index (κ3) is 7.63. The summed E-state index contributed by atoms with van der Waals surface area (Å²) in [5, 5.41) is 19.9. The molecule has 3 aromatic rings. The Morgan fingerprint density at radius 1 is 0.732 bits per heavy atom. The summed E-state index contributed by atoms with van der Waals surface area (Å²) in [6.45, 7) is -0.527. The van der Waals surface area contributed by atoms with Crippen LogP contribution in [0.4, 0.5) is 0 Å². The van der Waals surface area contributed by atoms with Crippen molar-refractivity contribution in [2.24, 2.45) is 0 Å². The van der Waals surface area contributed by atoms with Crippen LogP contribution in [0.25, 0.3) is 0 Å². The van der Waals surface area contributed by atoms with Crippen molar-refractivity contribution in [2.75, 3.05) is 6.61 Å². The maximum atomic E-state index is 13.0. The molecule has 41 heavy (non-hydrogen) atoms. The predicted octanol–water partition coefficient (Wildman–Crippen LogP) is 4.81. The zero-order valence-electron chi connectivity index (χ0n) is 21.2. The topological polar surface area (TPSA) is 132 Å². The van der Waals surface area contributed by atoms with Crippen molar-refractivity contribution < 1.29 is 38.4 Å². The number of aliphatic hydroxyl groups is 1. The Morgan fingerprint density at radius 2 is 1.15 bits per heavy atom. The Balaban J connectivity index is 1.65. The molecule has 5 atom stereocenters. The maximum Gasteiger partial charge on any atom is 0.338 e. The fraction of sp³-hybridized carbons (Fsp3) is 0.241. The molecule has 0 saturated carbocycles. The second-order valence-corrected chi connectivity index (χ2v) is 11.2. The molecule has 0 unspecified atom stereocenters. The summed E-state index contributed by atoms with van der Waals surface area (Å²) in [4.78, 5) is 38.6. The van der Waals surface area contributed by atoms with Gasteiger partial charge in [0.2, 0.25) is 3.79 Å². The minimum Gasteiger partial charge on any atom is -0.459 e. The van der Waals surface area contributed by atoms with Crippen LogP contribution in [-0.4, -0.2) is 69.6 Å². The average Bonchev–Trinajstić information content (AvgIpc) is 2.98. The molecule has 1 aliphatic heterocycles. The van der Waals surface area contributed by atoms with Gasteiger partial charge in [0, 0.05) is 0 Å². The second kappa shape index (κ2) is 13.5. The quantitative estimate of drug-likeness (QED) is 0.159. The maximum absolute atomic E-state index is 13.0. The van der Waals surface area contributed by atoms with Gasteiger partial charge in [0.1, 0.15) is 24.9 Å². The molecule has 0 amide bonds. The SMILES string of the molecule is N=C([C@H]1O[C@H](COC(=O)c2ccccc2)[C@@H](OC(=O)c2ccccc2)[C@H](O)[C@H]1OC(=O)c1ccccc1)C(Cl)(Cl)Cl. The van der Waals surface area contributed by atoms with Gasteiger partial charge in [-0.2, -0.15) is 0 Å². The molecule has 0 aliphatic carbocycles. The average molecular weight is 621 g/mol. The molecule has 1 saturated heterocycles. The van der Waals surface area contributed by atoms with E-state index in [2.05, 4.69) is 0 Å². The lowest BCUT2D eigenvalue weighted by Gasteiger charge is -2.44. The molecule has 0 bridgehead atoms. The number of hydrogen-bond acceptors (Lipinski definition) is 9. The summed E-state index contributed by atoms with van der Waals surface area (Å²) in [5.74, 6) is -2.43. The lowest BCUT2D eigenvalue weighted by molar-refractivity contribution is -0.212. The van der Waals surface area contributed by atoms with Crippen molar-refractivity contribution in [3.63, 3.8) is 0 Å². The van der Waals surface area contributed by atoms with E-state index >= 15 is 0 Å². The molecular weight excluding hydrogens is 597 g/mol. The molecule has 0 aromatic heterocycles. The number of hydrogen-bond donors (Lipinski definition) is 2. The van der Waals surface area contributed by atoms with Crippen molar-refractivity contribution in [3.8, 4) is 0 Å². The van der Waals surface area contributed by atoms with Crippen molar-refractivity contribution >= 4 is 58.4 Å². The Hall–Kier alpha value is -3.47. The van der Waals surface area contributed by atoms with E-state index in [1.54, 1.807) is 54.6 Å². The summed E-state index contributed by atoms with van der Waals surface area (Å²) in [5.41, 5.74) is -0.133. The summed E-state index contributed by atoms with van der Waals surface area (Å²) < 4.78 is 20.2. The van der Waals surface area contributed by atoms with Crippen molar-refractivity contribution in [1.29, 1.82) is 5.41 Å². The van der Waals surface area contributed by atoms with Gasteiger partial charge in [0.05, 0.1) is 22.4 Å². The van der Waals surface area contributed by atoms with Gasteiger partial charge in [0.15, 0.2) is 12.2 Å². The number of aliphatic hydroxyl groups excluding tert-OH is 1. The largest absolute Gasteiger partial charge is 0.459 e. The number of nitrogens with one attached hydrogen (secondary N) is 1. The molecule has 214 valence electrons. The van der Waals surface area contributed by atoms with Crippen LogP contribution < -0.4 is 0 Å². The van der Waals surface area contributed by atoms with Crippen LogP contribution in [0, 0.1) is 5.41 Å². The molecule has 9 nitrogen and oxygen atoms in total. The number of ether oxygens (including phenoxy) is 4. The van der Waals surface area contributed by atoms with E-state index in [4.69, 9.17) is 59.2 Å². The van der Waals surface area contributed by atoms with Gasteiger partial charge in [-0.25, -0.2) is 14.4 Å². The van der Waals surface area contributed by atoms with Crippen molar-refractivity contribution in [3.05, 3.63) is 108 Å². The van der Waals surface area contributed by atoms with E-state index < -0.39 is 64.5 Å². The van der Waals surface area contributed by atoms with E-state index in [-0.39, 0.29) is 16.7 Å². The fourth-order valence-corrected chi connectivity index (χ4v) is 4.40. The van der Waals surface area contributed by atoms with E-state index in [0.717, 1.165) is 0 Å². The summed E-state index contributed by atoms with van der Waals surface area (Å²) >= 11 is 17.9. The lowest BCUT2D eigenvalue weighted by atomic mass is 9.92. The van der Waals surface area contributed by atoms with Crippen molar-refractivity contribution in [1.82, 2.24) is 0 Å². The number of carbonyl (C=O) groups excluding carboxylic acids is 3. The first kappa shape index (κ1) is 30.5. The number of carbonyl (C=O) groups is 3. The Morgan fingerprint density at radius 3 is 1.59 bits per heavy atom. The number of esters is 3. The molecule has 3 aromatic carbocycles. The van der Waals surface area contributed by atoms with Gasteiger partial charge < -0.3 is 29.5 Å². The number of halogens is 3. The third-order valence-corrected chi connectivity index (χ3v) is 6.75. The molecular formula is C29H24Cl3NO8. The van der Waals surface area contributed by atoms with Crippen LogP contribution in [0.3, 0.4) is 0 Å². The van der Waals surface area contributed by atoms with E-state index in [1.165, 1.54) is 36.4 Å². The number of alkyl halides is 3. The van der Waals surface area contributed by atoms with E-state index in [1.807, 2.05) is 0 Å². The monoisotopic (exact) mass is 619 g/mol. The molecule has 1 heterocycles. The highest BCUT2D eigenvalue weighted by atomic mass is 35.6. The van der Waals surface area contributed by atoms with Gasteiger partial charge in [-0.15, -0.1) is 0 Å². The minimum atomic E-state index is -2.32. The predicted molar refractivity (Wildman–Crippen MR) is 151 cm³/mol. The second-order valence-electron chi connectivity index (χ2n) is 8.93. The van der Waals surface area contributed by atoms with Crippen LogP contribution in [0.2, 0.25) is 0 Å². The fourth-order valence-electron chi connectivity index (χ4n) is 4.08. The Labute approximate surface area is 250 Å². The van der Waals surface area contributed by atoms with Gasteiger partial charge >= 0.3 is 17.9 Å². The first-order valence-corrected chi connectivity index (χ1v) is 13.4. The molecule has 4 rings (SSSR count). The Kier molecular flexibility index (Phi) is 10.0. The number of rotatable bonds is 8. The Bertz CT molecular complexity index is 1370. The minimum absolute atomic E-state index is 0.135. The molecule has 12 heteroatoms. The summed E-state index contributed by atoms with van der Waals surface area (Å²) in [6.07, 6.45) is -7.94. The zero-order valence-corrected chi connectivity index (χ0v) is 23.5. The van der Waals surface area contributed by atoms with E-state index in [9.17, 15) is 19.5 Å². The molecule has 2 N–H and O–H groups in total. The molecule has 1 fully saturated rings. The number of benzene rings is 3. The third-order valence-electron chi connectivity index (χ3n) is 6.14. The first-order valence-electron chi connectivity index (χ1n) is 12.3. The molecule has 0 radical (unpaired) electrons. The highest BCUT2D eigenvalue weighted by Gasteiger charge is 2.54. The highest BCUT2D eigenvalue weighted by Crippen LogP contribution is 2.36. The molecule has 0 spiro atoms. The van der Waals surface area contributed by atoms with Gasteiger partial charge in [0.25, 0.3) is 0 Å². The van der Waals surface area contributed by atoms with Gasteiger partial charge in [-0.05, 0) is 36.4 Å². The normalized spacial score (nSPS) is 22.3. The standard InChI is InChI=1S/C29H24Cl3NO8/c30-29(31,32)25(33)24-23(41-28(37)19-14-8-3-9-15-19)21(34)22(40-27(36)18-12-6-2-7-13-18)20(39-24)16-38-26(35)17-10-4-1-5-11-17/h1-15,20-24,33-34H,16H2/t20-,21+,22-,23-,24+/m1/s1. The zero-order chi connectivity index (χ0) is 29.6. The van der Waals surface area contributed by atoms with Gasteiger partial charge in [-0.3, -0.25) is 0 Å². The van der Waals surface area contributed by atoms with Crippen molar-refractivity contribution in [2.45, 2.75) is 34.3 Å². The van der Waals surface area contributed by atoms with Crippen LogP contribution in [0.5, 0.6) is 0 Å². The van der Waals surface area contributed by atoms with Gasteiger partial charge in [-0.1, -0.05) is 89.4 Å². The summed E-state index contributed by atoms with van der Waals surface area (Å²) in [6, 6.07) is 23.9. The van der Waals surface area contributed by atoms with Crippen LogP contribution in [0.15, 0.2) is 91.0 Å². The van der Waals surface area contributed by atoms with Crippen LogP contribution in [0.1, 0.15) is 31.1 Å². The lowest BCUT2D eigenvalue weighted by Crippen LogP contribution is -2.64. The first-order chi connectivity index (χ1) is 19.6. The van der Waals surface area contributed by atoms with Crippen LogP contribution >= 0.6 is 34.8 Å². The summed E-state index contributed by atoms with van der Waals surface area (Å²) in [7, 11) is 0. The van der Waals surface area contributed by atoms with Crippen LogP contribution in [-0.2, 0) is 18.9 Å². The highest BCUT2D eigenvalue weighted by molar-refractivity contribution is 6.76. The molecule has 1 aliphatic rings. The smallest absolute Gasteiger partial charge is 0.338 e.